The maximum atomic E-state index is 14.3. The summed E-state index contributed by atoms with van der Waals surface area (Å²) in [4.78, 5) is 6.80. The van der Waals surface area contributed by atoms with Crippen LogP contribution in [0.5, 0.6) is 0 Å². The summed E-state index contributed by atoms with van der Waals surface area (Å²) in [6, 6.07) is -1.24. The van der Waals surface area contributed by atoms with Crippen molar-refractivity contribution in [2.45, 2.75) is 45.1 Å². The van der Waals surface area contributed by atoms with Gasteiger partial charge in [0.2, 0.25) is 18.1 Å². The van der Waals surface area contributed by atoms with Gasteiger partial charge in [0, 0.05) is 18.4 Å². The molecule has 3 rings (SSSR count). The number of ether oxygens (including phenoxy) is 1. The van der Waals surface area contributed by atoms with Crippen LogP contribution in [0.15, 0.2) is 4.99 Å². The van der Waals surface area contributed by atoms with Crippen LogP contribution in [0.1, 0.15) is 41.3 Å². The molecule has 2 heterocycles. The average Bonchev–Trinajstić information content (AvgIpc) is 2.69. The van der Waals surface area contributed by atoms with E-state index in [-0.39, 0.29) is 6.42 Å². The average molecular weight is 452 g/mol. The van der Waals surface area contributed by atoms with Crippen LogP contribution in [0.25, 0.3) is 0 Å². The zero-order valence-corrected chi connectivity index (χ0v) is 16.0. The molecule has 1 aliphatic rings. The van der Waals surface area contributed by atoms with E-state index in [4.69, 9.17) is 4.74 Å². The third-order valence-corrected chi connectivity index (χ3v) is 4.78. The second kappa shape index (κ2) is 8.42. The van der Waals surface area contributed by atoms with Crippen molar-refractivity contribution >= 4 is 5.90 Å². The molecule has 5 nitrogen and oxygen atoms in total. The molecule has 0 saturated carbocycles. The molecule has 31 heavy (non-hydrogen) atoms. The number of aliphatic hydroxyl groups excluding tert-OH is 2. The van der Waals surface area contributed by atoms with Crippen molar-refractivity contribution in [3.63, 3.8) is 0 Å². The molecule has 1 aromatic heterocycles. The molecule has 12 heteroatoms. The molecular formula is C19H15F7N2O3. The summed E-state index contributed by atoms with van der Waals surface area (Å²) in [5.74, 6) is -12.8. The minimum absolute atomic E-state index is 0.387. The van der Waals surface area contributed by atoms with E-state index in [0.29, 0.717) is 0 Å². The maximum Gasteiger partial charge on any atom is 0.250 e. The van der Waals surface area contributed by atoms with Gasteiger partial charge in [-0.15, -0.1) is 0 Å². The molecule has 168 valence electrons. The highest BCUT2D eigenvalue weighted by Gasteiger charge is 2.34. The first kappa shape index (κ1) is 22.9. The first-order chi connectivity index (χ1) is 14.4. The molecule has 0 radical (unpaired) electrons. The Morgan fingerprint density at radius 3 is 2.23 bits per heavy atom. The number of halogens is 7. The van der Waals surface area contributed by atoms with Gasteiger partial charge in [0.15, 0.2) is 29.1 Å². The van der Waals surface area contributed by atoms with Crippen LogP contribution in [0, 0.1) is 54.7 Å². The lowest BCUT2D eigenvalue weighted by molar-refractivity contribution is -0.0498. The quantitative estimate of drug-likeness (QED) is 0.322. The van der Waals surface area contributed by atoms with Gasteiger partial charge >= 0.3 is 0 Å². The predicted octanol–water partition coefficient (Wildman–Crippen LogP) is 3.65. The number of aryl methyl sites for hydroxylation is 1. The molecule has 0 amide bonds. The third kappa shape index (κ3) is 4.09. The molecule has 0 saturated heterocycles. The van der Waals surface area contributed by atoms with Gasteiger partial charge in [0.25, 0.3) is 0 Å². The first-order valence-corrected chi connectivity index (χ1v) is 8.88. The topological polar surface area (TPSA) is 74.9 Å². The number of hydrogen-bond acceptors (Lipinski definition) is 5. The molecular weight excluding hydrogens is 437 g/mol. The second-order valence-electron chi connectivity index (χ2n) is 6.93. The fourth-order valence-corrected chi connectivity index (χ4v) is 3.19. The van der Waals surface area contributed by atoms with Gasteiger partial charge in [-0.25, -0.2) is 36.3 Å². The fraction of sp³-hybridized carbons (Fsp3) is 0.368. The van der Waals surface area contributed by atoms with Crippen LogP contribution in [0.4, 0.5) is 30.7 Å². The Labute approximate surface area is 170 Å². The van der Waals surface area contributed by atoms with E-state index in [1.165, 1.54) is 0 Å². The largest absolute Gasteiger partial charge is 0.448 e. The Kier molecular flexibility index (Phi) is 6.23. The smallest absolute Gasteiger partial charge is 0.250 e. The second-order valence-corrected chi connectivity index (χ2v) is 6.93. The summed E-state index contributed by atoms with van der Waals surface area (Å²) in [7, 11) is 0. The van der Waals surface area contributed by atoms with Crippen LogP contribution in [0.3, 0.4) is 0 Å². The molecule has 0 fully saturated rings. The molecule has 2 aromatic rings. The summed E-state index contributed by atoms with van der Waals surface area (Å²) in [6.07, 6.45) is -4.85. The number of rotatable bonds is 4. The van der Waals surface area contributed by atoms with Crippen molar-refractivity contribution in [2.75, 3.05) is 0 Å². The van der Waals surface area contributed by atoms with Gasteiger partial charge in [-0.3, -0.25) is 0 Å². The van der Waals surface area contributed by atoms with Gasteiger partial charge in [-0.1, -0.05) is 0 Å². The Bertz CT molecular complexity index is 1020. The number of aliphatic hydroxyl groups is 2. The van der Waals surface area contributed by atoms with Gasteiger partial charge in [-0.2, -0.15) is 4.39 Å². The van der Waals surface area contributed by atoms with Crippen LogP contribution in [0.2, 0.25) is 0 Å². The molecule has 0 aliphatic carbocycles. The number of nitrogens with zero attached hydrogens (tertiary/aromatic N) is 2. The lowest BCUT2D eigenvalue weighted by Gasteiger charge is -2.27. The molecule has 1 aliphatic heterocycles. The van der Waals surface area contributed by atoms with Crippen molar-refractivity contribution in [1.82, 2.24) is 4.98 Å². The van der Waals surface area contributed by atoms with Gasteiger partial charge in [0.05, 0.1) is 23.4 Å². The van der Waals surface area contributed by atoms with Crippen LogP contribution < -0.4 is 0 Å². The van der Waals surface area contributed by atoms with Gasteiger partial charge < -0.3 is 14.9 Å². The number of hydrogen-bond donors (Lipinski definition) is 2. The van der Waals surface area contributed by atoms with E-state index >= 15 is 0 Å². The standard InChI is InChI=1S/C19H15F7N2O3/c1-5-12(20)10(15(23)17(25)13(5)21)8(29)3-7-4-9(30)31-19(28-7)11-14(22)6(2)27-18(26)16(11)24/h7-9,29-30H,3-4H2,1-2H3. The van der Waals surface area contributed by atoms with E-state index in [9.17, 15) is 40.9 Å². The Morgan fingerprint density at radius 1 is 0.935 bits per heavy atom. The summed E-state index contributed by atoms with van der Waals surface area (Å²) in [5.41, 5.74) is -3.63. The summed E-state index contributed by atoms with van der Waals surface area (Å²) in [5, 5.41) is 20.1. The van der Waals surface area contributed by atoms with E-state index in [1.807, 2.05) is 0 Å². The monoisotopic (exact) mass is 452 g/mol. The highest BCUT2D eigenvalue weighted by Crippen LogP contribution is 2.33. The molecule has 1 aromatic carbocycles. The van der Waals surface area contributed by atoms with Crippen molar-refractivity contribution in [3.8, 4) is 0 Å². The summed E-state index contributed by atoms with van der Waals surface area (Å²) < 4.78 is 102. The lowest BCUT2D eigenvalue weighted by Crippen LogP contribution is -2.32. The van der Waals surface area contributed by atoms with Crippen molar-refractivity contribution in [2.24, 2.45) is 4.99 Å². The number of aromatic nitrogens is 1. The molecule has 3 atom stereocenters. The normalized spacial score (nSPS) is 19.8. The maximum absolute atomic E-state index is 14.3. The van der Waals surface area contributed by atoms with Gasteiger partial charge in [-0.05, 0) is 13.8 Å². The zero-order chi connectivity index (χ0) is 23.2. The predicted molar refractivity (Wildman–Crippen MR) is 91.5 cm³/mol. The minimum Gasteiger partial charge on any atom is -0.448 e. The van der Waals surface area contributed by atoms with Crippen LogP contribution in [-0.4, -0.2) is 33.4 Å². The van der Waals surface area contributed by atoms with Crippen molar-refractivity contribution in [3.05, 3.63) is 63.2 Å². The van der Waals surface area contributed by atoms with E-state index in [1.54, 1.807) is 0 Å². The molecule has 0 bridgehead atoms. The summed E-state index contributed by atoms with van der Waals surface area (Å²) >= 11 is 0. The van der Waals surface area contributed by atoms with E-state index in [2.05, 4.69) is 9.98 Å². The van der Waals surface area contributed by atoms with Crippen LogP contribution >= 0.6 is 0 Å². The van der Waals surface area contributed by atoms with Crippen molar-refractivity contribution < 1.29 is 45.7 Å². The Hall–Kier alpha value is -2.73. The number of pyridine rings is 1. The van der Waals surface area contributed by atoms with E-state index in [0.717, 1.165) is 13.8 Å². The number of aliphatic imine (C=N–C) groups is 1. The molecule has 3 unspecified atom stereocenters. The van der Waals surface area contributed by atoms with Crippen molar-refractivity contribution in [1.29, 1.82) is 0 Å². The molecule has 0 spiro atoms. The van der Waals surface area contributed by atoms with E-state index < -0.39 is 94.0 Å². The zero-order valence-electron chi connectivity index (χ0n) is 16.0. The Balaban J connectivity index is 1.99. The fourth-order valence-electron chi connectivity index (χ4n) is 3.19. The lowest BCUT2D eigenvalue weighted by atomic mass is 9.96. The van der Waals surface area contributed by atoms with Crippen LogP contribution in [-0.2, 0) is 4.74 Å². The minimum atomic E-state index is -2.07. The highest BCUT2D eigenvalue weighted by molar-refractivity contribution is 5.95. The highest BCUT2D eigenvalue weighted by atomic mass is 19.2. The third-order valence-electron chi connectivity index (χ3n) is 4.78. The SMILES string of the molecule is Cc1nc(F)c(F)c(C2=NC(CC(O)c3c(F)c(C)c(F)c(F)c3F)CC(O)O2)c1F. The molecule has 2 N–H and O–H groups in total. The summed E-state index contributed by atoms with van der Waals surface area (Å²) in [6.45, 7) is 1.88. The Morgan fingerprint density at radius 2 is 1.58 bits per heavy atom. The first-order valence-electron chi connectivity index (χ1n) is 8.88. The number of benzene rings is 1. The van der Waals surface area contributed by atoms with Gasteiger partial charge in [0.1, 0.15) is 11.4 Å².